The van der Waals surface area contributed by atoms with Crippen LogP contribution in [0.15, 0.2) is 18.2 Å². The van der Waals surface area contributed by atoms with Crippen molar-refractivity contribution in [3.8, 4) is 5.75 Å². The summed E-state index contributed by atoms with van der Waals surface area (Å²) >= 11 is 0. The fourth-order valence-electron chi connectivity index (χ4n) is 2.72. The van der Waals surface area contributed by atoms with Gasteiger partial charge in [-0.1, -0.05) is 6.92 Å². The summed E-state index contributed by atoms with van der Waals surface area (Å²) in [6.07, 6.45) is 2.19. The number of piperidine rings is 1. The van der Waals surface area contributed by atoms with E-state index in [1.807, 2.05) is 6.92 Å². The number of nitrogens with one attached hydrogen (secondary N) is 1. The molecule has 1 N–H and O–H groups in total. The lowest BCUT2D eigenvalue weighted by atomic mass is 9.98. The molecule has 0 radical (unpaired) electrons. The van der Waals surface area contributed by atoms with E-state index in [4.69, 9.17) is 4.74 Å². The predicted molar refractivity (Wildman–Crippen MR) is 87.7 cm³/mol. The van der Waals surface area contributed by atoms with E-state index in [0.717, 1.165) is 25.9 Å². The van der Waals surface area contributed by atoms with Gasteiger partial charge in [-0.2, -0.15) is 0 Å². The lowest BCUT2D eigenvalue weighted by Crippen LogP contribution is -2.45. The number of methoxy groups -OCH3 is 1. The maximum Gasteiger partial charge on any atom is 0.273 e. The summed E-state index contributed by atoms with van der Waals surface area (Å²) in [4.78, 5) is 24.9. The van der Waals surface area contributed by atoms with Crippen LogP contribution in [0.5, 0.6) is 5.75 Å². The van der Waals surface area contributed by atoms with E-state index >= 15 is 0 Å². The van der Waals surface area contributed by atoms with Crippen LogP contribution in [0.4, 0.5) is 11.4 Å². The number of nitrogens with zero attached hydrogens (tertiary/aromatic N) is 2. The van der Waals surface area contributed by atoms with Gasteiger partial charge >= 0.3 is 0 Å². The maximum absolute atomic E-state index is 12.4. The minimum absolute atomic E-state index is 0.0714. The van der Waals surface area contributed by atoms with Crippen LogP contribution >= 0.6 is 0 Å². The Kier molecular flexibility index (Phi) is 5.54. The molecule has 2 rings (SSSR count). The first-order chi connectivity index (χ1) is 10.9. The number of benzene rings is 1. The molecular weight excluding hydrogens is 298 g/mol. The Hall–Kier alpha value is -2.15. The average molecular weight is 321 g/mol. The van der Waals surface area contributed by atoms with Crippen LogP contribution in [0.3, 0.4) is 0 Å². The molecule has 7 nitrogen and oxygen atoms in total. The third-order valence-electron chi connectivity index (χ3n) is 4.40. The number of amides is 1. The van der Waals surface area contributed by atoms with E-state index in [9.17, 15) is 14.9 Å². The predicted octanol–water partition coefficient (Wildman–Crippen LogP) is 2.66. The summed E-state index contributed by atoms with van der Waals surface area (Å²) in [7, 11) is 1.42. The third kappa shape index (κ3) is 4.19. The molecule has 0 spiro atoms. The van der Waals surface area contributed by atoms with Crippen LogP contribution in [0, 0.1) is 16.0 Å². The van der Waals surface area contributed by atoms with Crippen molar-refractivity contribution in [2.45, 2.75) is 32.7 Å². The molecule has 1 fully saturated rings. The highest BCUT2D eigenvalue weighted by molar-refractivity contribution is 5.96. The molecular formula is C16H23N3O4. The topological polar surface area (TPSA) is 84.7 Å². The number of nitro groups is 1. The Balaban J connectivity index is 2.06. The molecule has 1 aromatic carbocycles. The molecule has 1 saturated heterocycles. The number of nitro benzene ring substituents is 1. The molecule has 0 aromatic heterocycles. The zero-order valence-corrected chi connectivity index (χ0v) is 13.7. The molecule has 0 bridgehead atoms. The summed E-state index contributed by atoms with van der Waals surface area (Å²) in [6, 6.07) is 3.91. The Morgan fingerprint density at radius 1 is 1.43 bits per heavy atom. The quantitative estimate of drug-likeness (QED) is 0.666. The van der Waals surface area contributed by atoms with Gasteiger partial charge in [0, 0.05) is 6.07 Å². The van der Waals surface area contributed by atoms with Gasteiger partial charge in [0.2, 0.25) is 5.91 Å². The number of likely N-dealkylation sites (tertiary alicyclic amines) is 1. The van der Waals surface area contributed by atoms with Crippen molar-refractivity contribution in [1.82, 2.24) is 4.90 Å². The SMILES string of the molecule is COc1cc([N+](=O)[O-])ccc1NC(=O)[C@H](C)N1CCC(C)CC1. The fraction of sp³-hybridized carbons (Fsp3) is 0.562. The van der Waals surface area contributed by atoms with E-state index in [0.29, 0.717) is 11.6 Å². The van der Waals surface area contributed by atoms with Crippen LogP contribution in [-0.2, 0) is 4.79 Å². The number of anilines is 1. The Morgan fingerprint density at radius 2 is 2.09 bits per heavy atom. The normalized spacial score (nSPS) is 17.5. The van der Waals surface area contributed by atoms with Gasteiger partial charge in [-0.3, -0.25) is 19.8 Å². The monoisotopic (exact) mass is 321 g/mol. The Morgan fingerprint density at radius 3 is 2.65 bits per heavy atom. The first kappa shape index (κ1) is 17.2. The molecule has 1 aliphatic rings. The van der Waals surface area contributed by atoms with Crippen LogP contribution in [0.2, 0.25) is 0 Å². The molecule has 1 atom stereocenters. The lowest BCUT2D eigenvalue weighted by Gasteiger charge is -2.34. The minimum atomic E-state index is -0.494. The van der Waals surface area contributed by atoms with Crippen LogP contribution in [-0.4, -0.2) is 42.0 Å². The second-order valence-electron chi connectivity index (χ2n) is 6.03. The van der Waals surface area contributed by atoms with Crippen molar-refractivity contribution < 1.29 is 14.5 Å². The van der Waals surface area contributed by atoms with Crippen molar-refractivity contribution in [2.24, 2.45) is 5.92 Å². The molecule has 0 unspecified atom stereocenters. The van der Waals surface area contributed by atoms with Gasteiger partial charge in [0.05, 0.1) is 29.8 Å². The van der Waals surface area contributed by atoms with E-state index < -0.39 is 4.92 Å². The van der Waals surface area contributed by atoms with Crippen LogP contribution in [0.25, 0.3) is 0 Å². The average Bonchev–Trinajstić information content (AvgIpc) is 2.55. The smallest absolute Gasteiger partial charge is 0.273 e. The molecule has 0 aliphatic carbocycles. The number of carbonyl (C=O) groups is 1. The highest BCUT2D eigenvalue weighted by Gasteiger charge is 2.25. The second kappa shape index (κ2) is 7.41. The molecule has 7 heteroatoms. The molecule has 1 amide bonds. The highest BCUT2D eigenvalue weighted by atomic mass is 16.6. The summed E-state index contributed by atoms with van der Waals surface area (Å²) in [5.41, 5.74) is 0.373. The molecule has 23 heavy (non-hydrogen) atoms. The standard InChI is InChI=1S/C16H23N3O4/c1-11-6-8-18(9-7-11)12(2)16(20)17-14-5-4-13(19(21)22)10-15(14)23-3/h4-5,10-12H,6-9H2,1-3H3,(H,17,20)/t12-/m0/s1. The van der Waals surface area contributed by atoms with Gasteiger partial charge in [-0.05, 0) is 44.8 Å². The first-order valence-electron chi connectivity index (χ1n) is 7.79. The van der Waals surface area contributed by atoms with Gasteiger partial charge in [-0.25, -0.2) is 0 Å². The van der Waals surface area contributed by atoms with E-state index in [1.165, 1.54) is 25.3 Å². The van der Waals surface area contributed by atoms with Gasteiger partial charge in [0.1, 0.15) is 5.75 Å². The second-order valence-corrected chi connectivity index (χ2v) is 6.03. The highest BCUT2D eigenvalue weighted by Crippen LogP contribution is 2.29. The molecule has 1 aliphatic heterocycles. The third-order valence-corrected chi connectivity index (χ3v) is 4.40. The largest absolute Gasteiger partial charge is 0.494 e. The van der Waals surface area contributed by atoms with Gasteiger partial charge in [0.15, 0.2) is 0 Å². The number of hydrogen-bond acceptors (Lipinski definition) is 5. The van der Waals surface area contributed by atoms with Crippen molar-refractivity contribution in [2.75, 3.05) is 25.5 Å². The van der Waals surface area contributed by atoms with Crippen molar-refractivity contribution in [3.63, 3.8) is 0 Å². The van der Waals surface area contributed by atoms with Crippen molar-refractivity contribution in [3.05, 3.63) is 28.3 Å². The van der Waals surface area contributed by atoms with Crippen LogP contribution in [0.1, 0.15) is 26.7 Å². The number of non-ortho nitro benzene ring substituents is 1. The van der Waals surface area contributed by atoms with E-state index in [2.05, 4.69) is 17.1 Å². The van der Waals surface area contributed by atoms with E-state index in [-0.39, 0.29) is 23.4 Å². The Labute approximate surface area is 135 Å². The molecule has 126 valence electrons. The fourth-order valence-corrected chi connectivity index (χ4v) is 2.72. The van der Waals surface area contributed by atoms with Gasteiger partial charge in [0.25, 0.3) is 5.69 Å². The molecule has 1 heterocycles. The first-order valence-corrected chi connectivity index (χ1v) is 7.79. The maximum atomic E-state index is 12.4. The van der Waals surface area contributed by atoms with Crippen molar-refractivity contribution >= 4 is 17.3 Å². The summed E-state index contributed by atoms with van der Waals surface area (Å²) in [5, 5.41) is 13.6. The van der Waals surface area contributed by atoms with Crippen LogP contribution < -0.4 is 10.1 Å². The summed E-state index contributed by atoms with van der Waals surface area (Å²) in [6.45, 7) is 5.92. The van der Waals surface area contributed by atoms with Gasteiger partial charge < -0.3 is 10.1 Å². The minimum Gasteiger partial charge on any atom is -0.494 e. The number of ether oxygens (including phenoxy) is 1. The Bertz CT molecular complexity index is 583. The number of rotatable bonds is 5. The number of carbonyl (C=O) groups excluding carboxylic acids is 1. The summed E-state index contributed by atoms with van der Waals surface area (Å²) in [5.74, 6) is 0.856. The zero-order valence-electron chi connectivity index (χ0n) is 13.7. The number of hydrogen-bond donors (Lipinski definition) is 1. The van der Waals surface area contributed by atoms with Crippen molar-refractivity contribution in [1.29, 1.82) is 0 Å². The van der Waals surface area contributed by atoms with E-state index in [1.54, 1.807) is 0 Å². The van der Waals surface area contributed by atoms with Gasteiger partial charge in [-0.15, -0.1) is 0 Å². The zero-order chi connectivity index (χ0) is 17.0. The molecule has 1 aromatic rings. The lowest BCUT2D eigenvalue weighted by molar-refractivity contribution is -0.384. The summed E-state index contributed by atoms with van der Waals surface area (Å²) < 4.78 is 5.14. The molecule has 0 saturated carbocycles.